The zero-order valence-electron chi connectivity index (χ0n) is 16.2. The standard InChI is InChI=1S/C21H29N3O3.ClH/c25-20(12-15-5-6-19-17(11-15)7-10-27-19)24-9-2-3-16(14-24)13-23-21(26)18-4-1-8-22-18;/h5-6,11,16,18,22H,1-4,7-10,12-14H2,(H,23,26);1H. The average Bonchev–Trinajstić information content (AvgIpc) is 3.37. The number of hydrogen-bond donors (Lipinski definition) is 2. The molecule has 4 rings (SSSR count). The monoisotopic (exact) mass is 407 g/mol. The largest absolute Gasteiger partial charge is 0.493 e. The topological polar surface area (TPSA) is 70.7 Å². The third kappa shape index (κ3) is 4.97. The third-order valence-corrected chi connectivity index (χ3v) is 5.92. The number of halogens is 1. The molecule has 2 atom stereocenters. The molecule has 154 valence electrons. The minimum absolute atomic E-state index is 0. The Morgan fingerprint density at radius 2 is 2.14 bits per heavy atom. The number of piperidine rings is 1. The average molecular weight is 408 g/mol. The predicted molar refractivity (Wildman–Crippen MR) is 110 cm³/mol. The molecule has 2 saturated heterocycles. The molecule has 0 radical (unpaired) electrons. The van der Waals surface area contributed by atoms with Crippen molar-refractivity contribution in [3.05, 3.63) is 29.3 Å². The number of benzene rings is 1. The van der Waals surface area contributed by atoms with Gasteiger partial charge in [-0.25, -0.2) is 0 Å². The highest BCUT2D eigenvalue weighted by molar-refractivity contribution is 5.85. The summed E-state index contributed by atoms with van der Waals surface area (Å²) in [5.74, 6) is 1.59. The summed E-state index contributed by atoms with van der Waals surface area (Å²) in [6.07, 6.45) is 5.44. The van der Waals surface area contributed by atoms with E-state index in [1.165, 1.54) is 5.56 Å². The van der Waals surface area contributed by atoms with E-state index >= 15 is 0 Å². The maximum Gasteiger partial charge on any atom is 0.237 e. The van der Waals surface area contributed by atoms with Crippen molar-refractivity contribution < 1.29 is 14.3 Å². The molecule has 2 fully saturated rings. The Kier molecular flexibility index (Phi) is 7.18. The Labute approximate surface area is 172 Å². The second kappa shape index (κ2) is 9.61. The Bertz CT molecular complexity index is 706. The highest BCUT2D eigenvalue weighted by Crippen LogP contribution is 2.26. The molecule has 0 aromatic heterocycles. The molecule has 0 spiro atoms. The molecule has 1 aromatic rings. The summed E-state index contributed by atoms with van der Waals surface area (Å²) in [6.45, 7) is 3.89. The van der Waals surface area contributed by atoms with Crippen LogP contribution in [0.4, 0.5) is 0 Å². The first kappa shape index (κ1) is 20.9. The Hall–Kier alpha value is -1.79. The fourth-order valence-corrected chi connectivity index (χ4v) is 4.37. The lowest BCUT2D eigenvalue weighted by Gasteiger charge is -2.33. The van der Waals surface area contributed by atoms with Gasteiger partial charge in [-0.05, 0) is 55.3 Å². The van der Waals surface area contributed by atoms with Gasteiger partial charge < -0.3 is 20.3 Å². The summed E-state index contributed by atoms with van der Waals surface area (Å²) in [5, 5.41) is 6.31. The molecule has 6 nitrogen and oxygen atoms in total. The fraction of sp³-hybridized carbons (Fsp3) is 0.619. The molecule has 3 aliphatic heterocycles. The summed E-state index contributed by atoms with van der Waals surface area (Å²) in [6, 6.07) is 6.06. The summed E-state index contributed by atoms with van der Waals surface area (Å²) in [7, 11) is 0. The van der Waals surface area contributed by atoms with E-state index in [0.29, 0.717) is 18.9 Å². The van der Waals surface area contributed by atoms with Crippen molar-refractivity contribution in [3.63, 3.8) is 0 Å². The molecule has 2 amide bonds. The van der Waals surface area contributed by atoms with Crippen LogP contribution in [0.15, 0.2) is 18.2 Å². The molecule has 0 aliphatic carbocycles. The Balaban J connectivity index is 0.00000225. The van der Waals surface area contributed by atoms with E-state index in [4.69, 9.17) is 4.74 Å². The van der Waals surface area contributed by atoms with Crippen LogP contribution in [-0.4, -0.2) is 55.5 Å². The zero-order chi connectivity index (χ0) is 18.6. The minimum Gasteiger partial charge on any atom is -0.493 e. The first-order valence-electron chi connectivity index (χ1n) is 10.2. The summed E-state index contributed by atoms with van der Waals surface area (Å²) < 4.78 is 5.54. The van der Waals surface area contributed by atoms with Crippen molar-refractivity contribution in [2.24, 2.45) is 5.92 Å². The maximum atomic E-state index is 12.8. The van der Waals surface area contributed by atoms with E-state index in [1.54, 1.807) is 0 Å². The summed E-state index contributed by atoms with van der Waals surface area (Å²) >= 11 is 0. The zero-order valence-corrected chi connectivity index (χ0v) is 17.1. The number of amides is 2. The highest BCUT2D eigenvalue weighted by Gasteiger charge is 2.26. The van der Waals surface area contributed by atoms with Crippen LogP contribution in [0, 0.1) is 5.92 Å². The van der Waals surface area contributed by atoms with Gasteiger partial charge in [-0.2, -0.15) is 0 Å². The van der Waals surface area contributed by atoms with Gasteiger partial charge in [-0.1, -0.05) is 12.1 Å². The number of likely N-dealkylation sites (tertiary alicyclic amines) is 1. The van der Waals surface area contributed by atoms with Gasteiger partial charge in [0.25, 0.3) is 0 Å². The van der Waals surface area contributed by atoms with E-state index in [1.807, 2.05) is 17.0 Å². The van der Waals surface area contributed by atoms with Gasteiger partial charge in [0, 0.05) is 26.1 Å². The predicted octanol–water partition coefficient (Wildman–Crippen LogP) is 1.69. The molecule has 2 N–H and O–H groups in total. The van der Waals surface area contributed by atoms with E-state index < -0.39 is 0 Å². The molecular formula is C21H30ClN3O3. The first-order chi connectivity index (χ1) is 13.2. The quantitative estimate of drug-likeness (QED) is 0.779. The number of nitrogens with zero attached hydrogens (tertiary/aromatic N) is 1. The molecular weight excluding hydrogens is 378 g/mol. The van der Waals surface area contributed by atoms with Crippen LogP contribution in [0.25, 0.3) is 0 Å². The third-order valence-electron chi connectivity index (χ3n) is 5.92. The Morgan fingerprint density at radius 3 is 2.96 bits per heavy atom. The number of hydrogen-bond acceptors (Lipinski definition) is 4. The lowest BCUT2D eigenvalue weighted by molar-refractivity contribution is -0.132. The lowest BCUT2D eigenvalue weighted by atomic mass is 9.97. The molecule has 2 unspecified atom stereocenters. The molecule has 1 aromatic carbocycles. The maximum absolute atomic E-state index is 12.8. The van der Waals surface area contributed by atoms with Gasteiger partial charge in [-0.15, -0.1) is 12.4 Å². The molecule has 7 heteroatoms. The lowest BCUT2D eigenvalue weighted by Crippen LogP contribution is -2.47. The van der Waals surface area contributed by atoms with Gasteiger partial charge >= 0.3 is 0 Å². The van der Waals surface area contributed by atoms with Crippen LogP contribution in [-0.2, 0) is 22.4 Å². The van der Waals surface area contributed by atoms with Gasteiger partial charge in [0.1, 0.15) is 5.75 Å². The van der Waals surface area contributed by atoms with E-state index in [9.17, 15) is 9.59 Å². The highest BCUT2D eigenvalue weighted by atomic mass is 35.5. The number of fused-ring (bicyclic) bond motifs is 1. The van der Waals surface area contributed by atoms with Gasteiger partial charge in [0.15, 0.2) is 0 Å². The van der Waals surface area contributed by atoms with Crippen LogP contribution in [0.1, 0.15) is 36.8 Å². The van der Waals surface area contributed by atoms with Crippen LogP contribution < -0.4 is 15.4 Å². The summed E-state index contributed by atoms with van der Waals surface area (Å²) in [5.41, 5.74) is 2.27. The van der Waals surface area contributed by atoms with E-state index in [-0.39, 0.29) is 30.3 Å². The number of carbonyl (C=O) groups excluding carboxylic acids is 2. The van der Waals surface area contributed by atoms with Crippen LogP contribution in [0.2, 0.25) is 0 Å². The van der Waals surface area contributed by atoms with Crippen molar-refractivity contribution in [1.29, 1.82) is 0 Å². The number of carbonyl (C=O) groups is 2. The van der Waals surface area contributed by atoms with Crippen LogP contribution >= 0.6 is 12.4 Å². The smallest absolute Gasteiger partial charge is 0.237 e. The second-order valence-electron chi connectivity index (χ2n) is 7.96. The fourth-order valence-electron chi connectivity index (χ4n) is 4.37. The van der Waals surface area contributed by atoms with E-state index in [0.717, 1.165) is 69.7 Å². The number of rotatable bonds is 5. The van der Waals surface area contributed by atoms with Crippen molar-refractivity contribution in [1.82, 2.24) is 15.5 Å². The van der Waals surface area contributed by atoms with Crippen LogP contribution in [0.3, 0.4) is 0 Å². The van der Waals surface area contributed by atoms with Gasteiger partial charge in [0.05, 0.1) is 19.1 Å². The minimum atomic E-state index is -0.0323. The second-order valence-corrected chi connectivity index (χ2v) is 7.96. The number of ether oxygens (including phenoxy) is 1. The van der Waals surface area contributed by atoms with Crippen molar-refractivity contribution in [3.8, 4) is 5.75 Å². The molecule has 0 bridgehead atoms. The molecule has 3 aliphatic rings. The summed E-state index contributed by atoms with van der Waals surface area (Å²) in [4.78, 5) is 26.9. The van der Waals surface area contributed by atoms with Crippen molar-refractivity contribution in [2.75, 3.05) is 32.8 Å². The Morgan fingerprint density at radius 1 is 1.25 bits per heavy atom. The van der Waals surface area contributed by atoms with Crippen LogP contribution in [0.5, 0.6) is 5.75 Å². The van der Waals surface area contributed by atoms with Gasteiger partial charge in [-0.3, -0.25) is 9.59 Å². The number of nitrogens with one attached hydrogen (secondary N) is 2. The molecule has 3 heterocycles. The first-order valence-corrected chi connectivity index (χ1v) is 10.2. The molecule has 28 heavy (non-hydrogen) atoms. The molecule has 0 saturated carbocycles. The van der Waals surface area contributed by atoms with E-state index in [2.05, 4.69) is 16.7 Å². The SMILES string of the molecule is Cl.O=C(NCC1CCCN(C(=O)Cc2ccc3c(c2)CCO3)C1)C1CCCN1. The van der Waals surface area contributed by atoms with Crippen molar-refractivity contribution in [2.45, 2.75) is 44.6 Å². The van der Waals surface area contributed by atoms with Gasteiger partial charge in [0.2, 0.25) is 11.8 Å². The normalized spacial score (nSPS) is 23.5. The van der Waals surface area contributed by atoms with Crippen molar-refractivity contribution >= 4 is 24.2 Å².